The molecule has 0 saturated heterocycles. The molecule has 0 aliphatic rings. The minimum absolute atomic E-state index is 0. The lowest BCUT2D eigenvalue weighted by Gasteiger charge is -1.91. The highest BCUT2D eigenvalue weighted by Crippen LogP contribution is 1.67. The van der Waals surface area contributed by atoms with Crippen LogP contribution in [0.5, 0.6) is 0 Å². The molecule has 0 heterocycles. The van der Waals surface area contributed by atoms with Crippen LogP contribution in [0.15, 0.2) is 0 Å². The van der Waals surface area contributed by atoms with Crippen LogP contribution in [0.3, 0.4) is 0 Å². The average molecular weight is 186 g/mol. The SMILES string of the molecule is O[Si](O)(O)O.[AlH3].[AlH3].[AlH3]. The van der Waals surface area contributed by atoms with E-state index in [1.165, 1.54) is 0 Å². The topological polar surface area (TPSA) is 80.9 Å². The summed E-state index contributed by atoms with van der Waals surface area (Å²) in [6, 6.07) is 0. The van der Waals surface area contributed by atoms with E-state index in [1.807, 2.05) is 0 Å². The van der Waals surface area contributed by atoms with E-state index in [-0.39, 0.29) is 52.1 Å². The van der Waals surface area contributed by atoms with E-state index in [0.717, 1.165) is 0 Å². The summed E-state index contributed by atoms with van der Waals surface area (Å²) in [5.41, 5.74) is 0. The third-order valence-electron chi connectivity index (χ3n) is 0. The van der Waals surface area contributed by atoms with Crippen molar-refractivity contribution in [1.29, 1.82) is 0 Å². The largest absolute Gasteiger partial charge is 0.668 e. The summed E-state index contributed by atoms with van der Waals surface area (Å²) in [5.74, 6) is 0. The lowest BCUT2D eigenvalue weighted by atomic mass is 15.7. The molecule has 0 spiro atoms. The van der Waals surface area contributed by atoms with Gasteiger partial charge < -0.3 is 19.2 Å². The highest BCUT2D eigenvalue weighted by atomic mass is 28.4. The van der Waals surface area contributed by atoms with Crippen molar-refractivity contribution in [2.75, 3.05) is 0 Å². The lowest BCUT2D eigenvalue weighted by Crippen LogP contribution is -2.33. The van der Waals surface area contributed by atoms with E-state index in [1.54, 1.807) is 0 Å². The van der Waals surface area contributed by atoms with Gasteiger partial charge in [-0.15, -0.1) is 0 Å². The summed E-state index contributed by atoms with van der Waals surface area (Å²) in [5, 5.41) is 0. The Morgan fingerprint density at radius 1 is 0.625 bits per heavy atom. The monoisotopic (exact) mass is 186 g/mol. The normalized spacial score (nSPS) is 7.50. The van der Waals surface area contributed by atoms with E-state index >= 15 is 0 Å². The Morgan fingerprint density at radius 2 is 0.625 bits per heavy atom. The first-order valence-corrected chi connectivity index (χ1v) is 2.68. The molecule has 0 aromatic rings. The molecule has 0 saturated carbocycles. The molecule has 0 unspecified atom stereocenters. The molecule has 0 aromatic carbocycles. The van der Waals surface area contributed by atoms with Crippen LogP contribution < -0.4 is 0 Å². The molecule has 0 aliphatic carbocycles. The smallest absolute Gasteiger partial charge is 0.368 e. The van der Waals surface area contributed by atoms with Gasteiger partial charge in [0.25, 0.3) is 0 Å². The zero-order valence-electron chi connectivity index (χ0n) is 2.29. The Bertz CT molecular complexity index is 26.8. The first-order valence-electron chi connectivity index (χ1n) is 0.894. The molecule has 0 fully saturated rings. The van der Waals surface area contributed by atoms with Crippen molar-refractivity contribution >= 4 is 61.1 Å². The van der Waals surface area contributed by atoms with Crippen molar-refractivity contribution in [1.82, 2.24) is 0 Å². The molecule has 50 valence electrons. The van der Waals surface area contributed by atoms with Gasteiger partial charge in [-0.1, -0.05) is 0 Å². The first-order chi connectivity index (χ1) is 2.00. The van der Waals surface area contributed by atoms with E-state index in [0.29, 0.717) is 0 Å². The van der Waals surface area contributed by atoms with Crippen LogP contribution in [0.4, 0.5) is 0 Å². The molecule has 4 nitrogen and oxygen atoms in total. The van der Waals surface area contributed by atoms with Crippen molar-refractivity contribution < 1.29 is 19.2 Å². The van der Waals surface area contributed by atoms with Crippen LogP contribution in [0, 0.1) is 0 Å². The van der Waals surface area contributed by atoms with Gasteiger partial charge in [-0.05, 0) is 0 Å². The fourth-order valence-corrected chi connectivity index (χ4v) is 0. The van der Waals surface area contributed by atoms with E-state index in [9.17, 15) is 0 Å². The summed E-state index contributed by atoms with van der Waals surface area (Å²) < 4.78 is 0. The van der Waals surface area contributed by atoms with Gasteiger partial charge >= 0.3 is 9.05 Å². The second-order valence-electron chi connectivity index (χ2n) is 0.600. The summed E-state index contributed by atoms with van der Waals surface area (Å²) in [7, 11) is -4.61. The van der Waals surface area contributed by atoms with Gasteiger partial charge in [0, 0.05) is 0 Å². The Morgan fingerprint density at radius 3 is 0.625 bits per heavy atom. The van der Waals surface area contributed by atoms with Crippen molar-refractivity contribution in [3.05, 3.63) is 0 Å². The summed E-state index contributed by atoms with van der Waals surface area (Å²) in [6.45, 7) is 0. The Hall–Kier alpha value is 1.65. The molecule has 0 aliphatic heterocycles. The predicted octanol–water partition coefficient (Wildman–Crippen LogP) is -6.16. The second-order valence-corrected chi connectivity index (χ2v) is 1.80. The quantitative estimate of drug-likeness (QED) is 0.284. The van der Waals surface area contributed by atoms with E-state index in [4.69, 9.17) is 19.2 Å². The Balaban J connectivity index is -0.0000000267. The maximum atomic E-state index is 7.33. The van der Waals surface area contributed by atoms with Gasteiger partial charge in [-0.3, -0.25) is 0 Å². The van der Waals surface area contributed by atoms with Crippen molar-refractivity contribution in [2.45, 2.75) is 0 Å². The minimum atomic E-state index is -4.61. The Labute approximate surface area is 80.0 Å². The Kier molecular flexibility index (Phi) is 24.5. The zero-order valence-corrected chi connectivity index (χ0v) is 3.29. The summed E-state index contributed by atoms with van der Waals surface area (Å²) >= 11 is 0. The van der Waals surface area contributed by atoms with Crippen LogP contribution in [0.1, 0.15) is 0 Å². The molecule has 0 rings (SSSR count). The number of hydrogen-bond donors (Lipinski definition) is 4. The van der Waals surface area contributed by atoms with E-state index in [2.05, 4.69) is 0 Å². The van der Waals surface area contributed by atoms with Gasteiger partial charge in [0.05, 0.1) is 0 Å². The first kappa shape index (κ1) is 22.6. The van der Waals surface area contributed by atoms with Crippen LogP contribution in [0.2, 0.25) is 0 Å². The van der Waals surface area contributed by atoms with Gasteiger partial charge in [-0.2, -0.15) is 0 Å². The number of hydrogen-bond acceptors (Lipinski definition) is 4. The number of rotatable bonds is 0. The third-order valence-corrected chi connectivity index (χ3v) is 0. The molecule has 0 amide bonds. The average Bonchev–Trinajstić information content (AvgIpc) is 0.722. The highest BCUT2D eigenvalue weighted by molar-refractivity contribution is 6.46. The molecule has 0 bridgehead atoms. The van der Waals surface area contributed by atoms with Gasteiger partial charge in [-0.25, -0.2) is 0 Å². The fraction of sp³-hybridized carbons (Fsp3) is 0. The third kappa shape index (κ3) is 124. The standard InChI is InChI=1S/3Al.H4O4Si.9H/c;;;1-5(2,3)4;;;;;;;;;/h;;;1-4H;;;;;;;;;. The fourth-order valence-electron chi connectivity index (χ4n) is 0. The van der Waals surface area contributed by atoms with Crippen molar-refractivity contribution in [3.63, 3.8) is 0 Å². The van der Waals surface area contributed by atoms with Crippen LogP contribution >= 0.6 is 0 Å². The maximum absolute atomic E-state index is 7.33. The van der Waals surface area contributed by atoms with Gasteiger partial charge in [0.1, 0.15) is 0 Å². The molecule has 0 atom stereocenters. The van der Waals surface area contributed by atoms with Gasteiger partial charge in [0.2, 0.25) is 0 Å². The predicted molar refractivity (Wildman–Crippen MR) is 44.4 cm³/mol. The molecule has 0 radical (unpaired) electrons. The van der Waals surface area contributed by atoms with Crippen molar-refractivity contribution in [3.8, 4) is 0 Å². The van der Waals surface area contributed by atoms with Gasteiger partial charge in [0.15, 0.2) is 52.1 Å². The maximum Gasteiger partial charge on any atom is 0.668 e. The summed E-state index contributed by atoms with van der Waals surface area (Å²) in [4.78, 5) is 29.3. The summed E-state index contributed by atoms with van der Waals surface area (Å²) in [6.07, 6.45) is 0. The minimum Gasteiger partial charge on any atom is -0.368 e. The molecular weight excluding hydrogens is 173 g/mol. The highest BCUT2D eigenvalue weighted by Gasteiger charge is 2.22. The molecule has 4 N–H and O–H groups in total. The molecule has 8 heteroatoms. The molecule has 0 aromatic heterocycles. The molecular formula is H13Al3O4Si. The second kappa shape index (κ2) is 8.65. The lowest BCUT2D eigenvalue weighted by molar-refractivity contribution is 0.117. The van der Waals surface area contributed by atoms with Crippen LogP contribution in [-0.4, -0.2) is 80.3 Å². The van der Waals surface area contributed by atoms with Crippen LogP contribution in [-0.2, 0) is 0 Å². The van der Waals surface area contributed by atoms with Crippen molar-refractivity contribution in [2.24, 2.45) is 0 Å². The van der Waals surface area contributed by atoms with E-state index < -0.39 is 9.05 Å². The zero-order chi connectivity index (χ0) is 4.50. The van der Waals surface area contributed by atoms with Crippen LogP contribution in [0.25, 0.3) is 0 Å². The molecule has 8 heavy (non-hydrogen) atoms.